The summed E-state index contributed by atoms with van der Waals surface area (Å²) in [6.45, 7) is 1.74. The third kappa shape index (κ3) is 3.01. The lowest BCUT2D eigenvalue weighted by atomic mass is 10.1. The molecule has 2 heterocycles. The summed E-state index contributed by atoms with van der Waals surface area (Å²) in [7, 11) is -7.67. The minimum absolute atomic E-state index is 0.0261. The van der Waals surface area contributed by atoms with Gasteiger partial charge in [0.05, 0.1) is 10.6 Å². The highest BCUT2D eigenvalue weighted by Crippen LogP contribution is 2.39. The summed E-state index contributed by atoms with van der Waals surface area (Å²) >= 11 is 0. The van der Waals surface area contributed by atoms with Gasteiger partial charge in [0.15, 0.2) is 0 Å². The monoisotopic (exact) mass is 406 g/mol. The number of benzene rings is 2. The molecule has 1 atom stereocenters. The van der Waals surface area contributed by atoms with Crippen LogP contribution in [-0.4, -0.2) is 29.5 Å². The molecule has 1 unspecified atom stereocenters. The molecule has 27 heavy (non-hydrogen) atoms. The number of sulfonamides is 2. The predicted octanol–water partition coefficient (Wildman–Crippen LogP) is 1.85. The quantitative estimate of drug-likeness (QED) is 0.837. The van der Waals surface area contributed by atoms with Gasteiger partial charge in [-0.2, -0.15) is 0 Å². The number of anilines is 1. The molecule has 0 radical (unpaired) electrons. The van der Waals surface area contributed by atoms with Crippen LogP contribution in [0.4, 0.5) is 5.69 Å². The van der Waals surface area contributed by atoms with Gasteiger partial charge >= 0.3 is 0 Å². The molecule has 2 aromatic carbocycles. The van der Waals surface area contributed by atoms with Crippen molar-refractivity contribution in [1.82, 2.24) is 0 Å². The van der Waals surface area contributed by atoms with E-state index >= 15 is 0 Å². The van der Waals surface area contributed by atoms with Crippen molar-refractivity contribution < 1.29 is 21.6 Å². The van der Waals surface area contributed by atoms with Crippen LogP contribution in [-0.2, 0) is 26.5 Å². The topological polar surface area (TPSA) is 107 Å². The molecule has 0 fully saturated rings. The largest absolute Gasteiger partial charge is 0.487 e. The Bertz CT molecular complexity index is 1170. The molecule has 0 aliphatic carbocycles. The van der Waals surface area contributed by atoms with Gasteiger partial charge in [-0.3, -0.25) is 4.31 Å². The molecule has 4 rings (SSSR count). The van der Waals surface area contributed by atoms with Crippen molar-refractivity contribution in [2.75, 3.05) is 10.9 Å². The van der Waals surface area contributed by atoms with E-state index in [0.29, 0.717) is 29.0 Å². The Labute approximate surface area is 158 Å². The molecule has 2 aromatic rings. The van der Waals surface area contributed by atoms with Crippen molar-refractivity contribution in [2.45, 2.75) is 24.3 Å². The minimum atomic E-state index is -3.85. The Balaban J connectivity index is 1.78. The molecule has 0 saturated carbocycles. The first-order valence-corrected chi connectivity index (χ1v) is 11.3. The van der Waals surface area contributed by atoms with E-state index in [1.807, 2.05) is 12.1 Å². The number of nitrogens with two attached hydrogens (primary N) is 1. The molecule has 0 spiro atoms. The highest BCUT2D eigenvalue weighted by molar-refractivity contribution is 7.96. The Morgan fingerprint density at radius 1 is 1.11 bits per heavy atom. The van der Waals surface area contributed by atoms with Crippen LogP contribution in [0.15, 0.2) is 52.3 Å². The zero-order valence-corrected chi connectivity index (χ0v) is 16.1. The number of para-hydroxylation sites is 1. The summed E-state index contributed by atoms with van der Waals surface area (Å²) in [4.78, 5) is 0.137. The second-order valence-electron chi connectivity index (χ2n) is 6.63. The number of hydrogen-bond donors (Lipinski definition) is 1. The molecule has 9 heteroatoms. The van der Waals surface area contributed by atoms with E-state index in [1.165, 1.54) is 22.5 Å². The molecule has 142 valence electrons. The average molecular weight is 406 g/mol. The Morgan fingerprint density at radius 2 is 1.85 bits per heavy atom. The number of rotatable bonds is 3. The number of ether oxygens (including phenoxy) is 1. The van der Waals surface area contributed by atoms with E-state index in [-0.39, 0.29) is 22.4 Å². The molecule has 2 aliphatic rings. The van der Waals surface area contributed by atoms with Crippen molar-refractivity contribution in [3.05, 3.63) is 58.5 Å². The zero-order valence-electron chi connectivity index (χ0n) is 14.5. The molecule has 0 amide bonds. The average Bonchev–Trinajstić information content (AvgIpc) is 2.96. The molecule has 0 saturated heterocycles. The summed E-state index contributed by atoms with van der Waals surface area (Å²) in [6, 6.07) is 11.1. The summed E-state index contributed by atoms with van der Waals surface area (Å²) in [5, 5.41) is 5.18. The fraction of sp³-hybridized carbons (Fsp3) is 0.222. The normalized spacial score (nSPS) is 19.1. The minimum Gasteiger partial charge on any atom is -0.487 e. The Morgan fingerprint density at radius 3 is 2.59 bits per heavy atom. The third-order valence-corrected chi connectivity index (χ3v) is 7.61. The van der Waals surface area contributed by atoms with Gasteiger partial charge in [0.1, 0.15) is 17.3 Å². The van der Waals surface area contributed by atoms with E-state index in [4.69, 9.17) is 9.88 Å². The first-order chi connectivity index (χ1) is 12.7. The zero-order chi connectivity index (χ0) is 19.4. The summed E-state index contributed by atoms with van der Waals surface area (Å²) in [6.07, 6.45) is 2.03. The molecule has 2 aliphatic heterocycles. The first-order valence-electron chi connectivity index (χ1n) is 8.30. The Hall–Kier alpha value is -2.36. The van der Waals surface area contributed by atoms with E-state index in [9.17, 15) is 16.8 Å². The van der Waals surface area contributed by atoms with Gasteiger partial charge in [0.2, 0.25) is 10.0 Å². The van der Waals surface area contributed by atoms with Gasteiger partial charge in [-0.1, -0.05) is 18.2 Å². The number of nitrogens with zero attached hydrogens (tertiary/aromatic N) is 1. The van der Waals surface area contributed by atoms with Crippen molar-refractivity contribution in [1.29, 1.82) is 0 Å². The van der Waals surface area contributed by atoms with Crippen LogP contribution in [0.5, 0.6) is 5.75 Å². The number of fused-ring (bicyclic) bond motifs is 2. The molecular weight excluding hydrogens is 388 g/mol. The van der Waals surface area contributed by atoms with Crippen LogP contribution in [0.3, 0.4) is 0 Å². The van der Waals surface area contributed by atoms with Crippen molar-refractivity contribution in [3.63, 3.8) is 0 Å². The summed E-state index contributed by atoms with van der Waals surface area (Å²) in [5.41, 5.74) is 1.81. The summed E-state index contributed by atoms with van der Waals surface area (Å²) in [5.74, 6) is 0.643. The van der Waals surface area contributed by atoms with Gasteiger partial charge in [0, 0.05) is 11.6 Å². The van der Waals surface area contributed by atoms with Crippen LogP contribution in [0, 0.1) is 0 Å². The smallest absolute Gasteiger partial charge is 0.264 e. The van der Waals surface area contributed by atoms with Crippen molar-refractivity contribution in [2.24, 2.45) is 5.14 Å². The molecule has 7 nitrogen and oxygen atoms in total. The fourth-order valence-corrected chi connectivity index (χ4v) is 5.78. The molecule has 2 N–H and O–H groups in total. The highest BCUT2D eigenvalue weighted by Gasteiger charge is 2.38. The fourth-order valence-electron chi connectivity index (χ4n) is 3.49. The second kappa shape index (κ2) is 6.08. The molecule has 0 bridgehead atoms. The van der Waals surface area contributed by atoms with E-state index < -0.39 is 20.0 Å². The second-order valence-corrected chi connectivity index (χ2v) is 10.1. The predicted molar refractivity (Wildman–Crippen MR) is 102 cm³/mol. The molecular formula is C18H18N2O5S2. The van der Waals surface area contributed by atoms with Gasteiger partial charge < -0.3 is 4.74 Å². The molecule has 0 aromatic heterocycles. The van der Waals surface area contributed by atoms with E-state index in [0.717, 1.165) is 0 Å². The standard InChI is InChI=1S/C18H18N2O5S2/c1-12-8-14-10-15(26(19,21)22)6-7-17(14)20(12)27(23,24)16-9-13-4-2-3-5-18(13)25-11-16/h2-7,9-10,12H,8,11H2,1H3,(H2,19,21,22). The number of primary sulfonamides is 1. The first kappa shape index (κ1) is 18.0. The van der Waals surface area contributed by atoms with Crippen LogP contribution >= 0.6 is 0 Å². The SMILES string of the molecule is CC1Cc2cc(S(N)(=O)=O)ccc2N1S(=O)(=O)C1=Cc2ccccc2OC1. The van der Waals surface area contributed by atoms with Crippen LogP contribution in [0.1, 0.15) is 18.1 Å². The van der Waals surface area contributed by atoms with Crippen LogP contribution < -0.4 is 14.2 Å². The summed E-state index contributed by atoms with van der Waals surface area (Å²) < 4.78 is 56.7. The van der Waals surface area contributed by atoms with Crippen LogP contribution in [0.25, 0.3) is 6.08 Å². The van der Waals surface area contributed by atoms with E-state index in [1.54, 1.807) is 25.1 Å². The maximum atomic E-state index is 13.3. The van der Waals surface area contributed by atoms with Gasteiger partial charge in [-0.25, -0.2) is 22.0 Å². The van der Waals surface area contributed by atoms with Crippen molar-refractivity contribution in [3.8, 4) is 5.75 Å². The number of hydrogen-bond acceptors (Lipinski definition) is 5. The lowest BCUT2D eigenvalue weighted by Crippen LogP contribution is -2.38. The maximum absolute atomic E-state index is 13.3. The van der Waals surface area contributed by atoms with Gasteiger partial charge in [0.25, 0.3) is 10.0 Å². The highest BCUT2D eigenvalue weighted by atomic mass is 32.2. The lowest BCUT2D eigenvalue weighted by molar-refractivity contribution is 0.353. The maximum Gasteiger partial charge on any atom is 0.264 e. The third-order valence-electron chi connectivity index (χ3n) is 4.73. The van der Waals surface area contributed by atoms with Gasteiger partial charge in [-0.15, -0.1) is 0 Å². The Kier molecular flexibility index (Phi) is 4.06. The van der Waals surface area contributed by atoms with Gasteiger partial charge in [-0.05, 0) is 49.2 Å². The van der Waals surface area contributed by atoms with Crippen LogP contribution in [0.2, 0.25) is 0 Å². The van der Waals surface area contributed by atoms with E-state index in [2.05, 4.69) is 0 Å². The lowest BCUT2D eigenvalue weighted by Gasteiger charge is -2.27. The van der Waals surface area contributed by atoms with Crippen molar-refractivity contribution >= 4 is 31.8 Å².